The van der Waals surface area contributed by atoms with Crippen LogP contribution in [0.2, 0.25) is 0 Å². The summed E-state index contributed by atoms with van der Waals surface area (Å²) in [6, 6.07) is 4.23. The molecule has 4 nitrogen and oxygen atoms in total. The maximum absolute atomic E-state index is 5.63. The lowest BCUT2D eigenvalue weighted by atomic mass is 10.4. The van der Waals surface area contributed by atoms with Crippen molar-refractivity contribution in [1.82, 2.24) is 10.2 Å². The molecule has 5 heteroatoms. The molecule has 2 rings (SSSR count). The molecular formula is C9H12N4S. The minimum absolute atomic E-state index is 0.582. The molecule has 0 spiro atoms. The number of H-pyrrole nitrogens is 1. The second-order valence-corrected chi connectivity index (χ2v) is 4.44. The average Bonchev–Trinajstić information content (AvgIpc) is 2.72. The summed E-state index contributed by atoms with van der Waals surface area (Å²) in [7, 11) is 0. The van der Waals surface area contributed by atoms with E-state index in [9.17, 15) is 0 Å². The number of nitrogens with one attached hydrogen (secondary N) is 2. The van der Waals surface area contributed by atoms with E-state index in [-0.39, 0.29) is 0 Å². The van der Waals surface area contributed by atoms with Gasteiger partial charge in [0.2, 0.25) is 0 Å². The second-order valence-electron chi connectivity index (χ2n) is 3.06. The maximum Gasteiger partial charge on any atom is 0.142 e. The van der Waals surface area contributed by atoms with Gasteiger partial charge in [-0.25, -0.2) is 0 Å². The average molecular weight is 208 g/mol. The van der Waals surface area contributed by atoms with Crippen LogP contribution in [0.15, 0.2) is 18.3 Å². The molecule has 0 aliphatic rings. The fourth-order valence-electron chi connectivity index (χ4n) is 1.20. The van der Waals surface area contributed by atoms with Crippen molar-refractivity contribution in [2.45, 2.75) is 13.5 Å². The van der Waals surface area contributed by atoms with E-state index in [0.717, 1.165) is 12.2 Å². The first-order valence-corrected chi connectivity index (χ1v) is 5.15. The second kappa shape index (κ2) is 3.71. The minimum atomic E-state index is 0.582. The summed E-state index contributed by atoms with van der Waals surface area (Å²) >= 11 is 1.78. The van der Waals surface area contributed by atoms with Gasteiger partial charge in [-0.3, -0.25) is 5.10 Å². The van der Waals surface area contributed by atoms with Crippen molar-refractivity contribution < 1.29 is 0 Å². The Balaban J connectivity index is 1.98. The number of hydrogen-bond donors (Lipinski definition) is 3. The normalized spacial score (nSPS) is 10.4. The van der Waals surface area contributed by atoms with Crippen LogP contribution in [0.1, 0.15) is 9.75 Å². The fraction of sp³-hybridized carbons (Fsp3) is 0.222. The third kappa shape index (κ3) is 1.88. The number of rotatable bonds is 3. The first-order valence-electron chi connectivity index (χ1n) is 4.34. The Morgan fingerprint density at radius 3 is 3.00 bits per heavy atom. The Morgan fingerprint density at radius 1 is 1.57 bits per heavy atom. The summed E-state index contributed by atoms with van der Waals surface area (Å²) in [6.45, 7) is 2.89. The van der Waals surface area contributed by atoms with E-state index in [2.05, 4.69) is 34.6 Å². The number of nitrogen functional groups attached to an aromatic ring is 1. The van der Waals surface area contributed by atoms with Gasteiger partial charge < -0.3 is 11.1 Å². The van der Waals surface area contributed by atoms with Crippen LogP contribution in [0.3, 0.4) is 0 Å². The van der Waals surface area contributed by atoms with Gasteiger partial charge >= 0.3 is 0 Å². The van der Waals surface area contributed by atoms with Gasteiger partial charge in [0.05, 0.1) is 11.9 Å². The van der Waals surface area contributed by atoms with Crippen LogP contribution in [0.25, 0.3) is 0 Å². The lowest BCUT2D eigenvalue weighted by Gasteiger charge is -2.01. The topological polar surface area (TPSA) is 66.7 Å². The third-order valence-electron chi connectivity index (χ3n) is 1.92. The van der Waals surface area contributed by atoms with Crippen molar-refractivity contribution in [3.05, 3.63) is 28.1 Å². The highest BCUT2D eigenvalue weighted by molar-refractivity contribution is 7.11. The molecule has 2 aromatic rings. The van der Waals surface area contributed by atoms with Gasteiger partial charge in [-0.05, 0) is 19.1 Å². The van der Waals surface area contributed by atoms with Crippen LogP contribution in [-0.4, -0.2) is 10.2 Å². The molecule has 0 radical (unpaired) electrons. The molecule has 0 bridgehead atoms. The summed E-state index contributed by atoms with van der Waals surface area (Å²) in [6.07, 6.45) is 1.69. The third-order valence-corrected chi connectivity index (χ3v) is 2.92. The molecule has 0 saturated carbocycles. The number of nitrogens with two attached hydrogens (primary N) is 1. The first kappa shape index (κ1) is 9.08. The molecule has 0 aromatic carbocycles. The highest BCUT2D eigenvalue weighted by Gasteiger charge is 2.01. The molecule has 74 valence electrons. The molecule has 14 heavy (non-hydrogen) atoms. The van der Waals surface area contributed by atoms with Crippen molar-refractivity contribution in [3.8, 4) is 0 Å². The summed E-state index contributed by atoms with van der Waals surface area (Å²) in [5, 5.41) is 9.72. The number of aromatic amines is 1. The van der Waals surface area contributed by atoms with Crippen molar-refractivity contribution in [2.75, 3.05) is 11.1 Å². The summed E-state index contributed by atoms with van der Waals surface area (Å²) < 4.78 is 0. The number of hydrogen-bond acceptors (Lipinski definition) is 4. The summed E-state index contributed by atoms with van der Waals surface area (Å²) in [4.78, 5) is 2.62. The van der Waals surface area contributed by atoms with E-state index in [1.807, 2.05) is 0 Å². The Hall–Kier alpha value is -1.49. The largest absolute Gasteiger partial charge is 0.382 e. The van der Waals surface area contributed by atoms with Gasteiger partial charge in [-0.2, -0.15) is 5.10 Å². The van der Waals surface area contributed by atoms with Crippen molar-refractivity contribution in [1.29, 1.82) is 0 Å². The first-order chi connectivity index (χ1) is 6.75. The smallest absolute Gasteiger partial charge is 0.142 e. The van der Waals surface area contributed by atoms with E-state index in [1.165, 1.54) is 9.75 Å². The standard InChI is InChI=1S/C9H12N4S/c1-6-2-3-7(14-6)4-11-8-5-12-13-9(8)10/h2-3,5,11H,4H2,1H3,(H3,10,12,13). The lowest BCUT2D eigenvalue weighted by Crippen LogP contribution is -1.99. The number of aryl methyl sites for hydroxylation is 1. The highest BCUT2D eigenvalue weighted by atomic mass is 32.1. The maximum atomic E-state index is 5.63. The molecule has 2 heterocycles. The Labute approximate surface area is 86.1 Å². The SMILES string of the molecule is Cc1ccc(CNc2cn[nH]c2N)s1. The molecule has 0 aliphatic heterocycles. The van der Waals surface area contributed by atoms with Crippen molar-refractivity contribution >= 4 is 22.8 Å². The van der Waals surface area contributed by atoms with E-state index in [4.69, 9.17) is 5.73 Å². The Morgan fingerprint density at radius 2 is 2.43 bits per heavy atom. The zero-order chi connectivity index (χ0) is 9.97. The molecule has 0 atom stereocenters. The molecule has 0 amide bonds. The minimum Gasteiger partial charge on any atom is -0.382 e. The molecule has 0 aliphatic carbocycles. The van der Waals surface area contributed by atoms with Crippen LogP contribution >= 0.6 is 11.3 Å². The van der Waals surface area contributed by atoms with Crippen LogP contribution in [0.5, 0.6) is 0 Å². The van der Waals surface area contributed by atoms with Crippen LogP contribution in [0, 0.1) is 6.92 Å². The molecule has 0 unspecified atom stereocenters. The predicted molar refractivity (Wildman–Crippen MR) is 59.4 cm³/mol. The number of aromatic nitrogens is 2. The quantitative estimate of drug-likeness (QED) is 0.722. The van der Waals surface area contributed by atoms with E-state index >= 15 is 0 Å². The van der Waals surface area contributed by atoms with Crippen LogP contribution in [0.4, 0.5) is 11.5 Å². The van der Waals surface area contributed by atoms with Gasteiger partial charge in [0.1, 0.15) is 5.82 Å². The van der Waals surface area contributed by atoms with Crippen molar-refractivity contribution in [3.63, 3.8) is 0 Å². The molecular weight excluding hydrogens is 196 g/mol. The summed E-state index contributed by atoms with van der Waals surface area (Å²) in [5.41, 5.74) is 6.49. The van der Waals surface area contributed by atoms with Gasteiger partial charge in [-0.1, -0.05) is 0 Å². The van der Waals surface area contributed by atoms with E-state index in [0.29, 0.717) is 5.82 Å². The van der Waals surface area contributed by atoms with Crippen LogP contribution in [-0.2, 0) is 6.54 Å². The fourth-order valence-corrected chi connectivity index (χ4v) is 2.03. The number of nitrogens with zero attached hydrogens (tertiary/aromatic N) is 1. The zero-order valence-electron chi connectivity index (χ0n) is 7.87. The highest BCUT2D eigenvalue weighted by Crippen LogP contribution is 2.18. The predicted octanol–water partition coefficient (Wildman–Crippen LogP) is 1.97. The summed E-state index contributed by atoms with van der Waals surface area (Å²) in [5.74, 6) is 0.582. The van der Waals surface area contributed by atoms with Crippen LogP contribution < -0.4 is 11.1 Å². The number of anilines is 2. The molecule has 4 N–H and O–H groups in total. The number of thiophene rings is 1. The molecule has 0 fully saturated rings. The van der Waals surface area contributed by atoms with Gasteiger partial charge in [0, 0.05) is 16.3 Å². The van der Waals surface area contributed by atoms with E-state index in [1.54, 1.807) is 17.5 Å². The molecule has 2 aromatic heterocycles. The van der Waals surface area contributed by atoms with Gasteiger partial charge in [0.25, 0.3) is 0 Å². The van der Waals surface area contributed by atoms with Gasteiger partial charge in [0.15, 0.2) is 0 Å². The monoisotopic (exact) mass is 208 g/mol. The Bertz CT molecular complexity index is 418. The zero-order valence-corrected chi connectivity index (χ0v) is 8.69. The van der Waals surface area contributed by atoms with E-state index < -0.39 is 0 Å². The van der Waals surface area contributed by atoms with Gasteiger partial charge in [-0.15, -0.1) is 11.3 Å². The lowest BCUT2D eigenvalue weighted by molar-refractivity contribution is 1.10. The Kier molecular flexibility index (Phi) is 2.41. The molecule has 0 saturated heterocycles. The van der Waals surface area contributed by atoms with Crippen molar-refractivity contribution in [2.24, 2.45) is 0 Å².